The summed E-state index contributed by atoms with van der Waals surface area (Å²) >= 11 is 11.5. The summed E-state index contributed by atoms with van der Waals surface area (Å²) in [6, 6.07) is 2.83. The predicted octanol–water partition coefficient (Wildman–Crippen LogP) is 2.42. The highest BCUT2D eigenvalue weighted by molar-refractivity contribution is 6.34. The number of rotatable bonds is 2. The van der Waals surface area contributed by atoms with Gasteiger partial charge in [0, 0.05) is 0 Å². The maximum Gasteiger partial charge on any atom is 0.254 e. The molecule has 0 aromatic carbocycles. The molecule has 1 saturated carbocycles. The van der Waals surface area contributed by atoms with Crippen LogP contribution in [0.5, 0.6) is 0 Å². The topological polar surface area (TPSA) is 62.2 Å². The number of halogens is 2. The minimum atomic E-state index is -0.485. The fourth-order valence-corrected chi connectivity index (χ4v) is 2.54. The Bertz CT molecular complexity index is 454. The Hall–Kier alpha value is -0.840. The number of aliphatic hydroxyl groups is 1. The van der Waals surface area contributed by atoms with E-state index < -0.39 is 6.10 Å². The van der Waals surface area contributed by atoms with Crippen LogP contribution in [-0.2, 0) is 0 Å². The summed E-state index contributed by atoms with van der Waals surface area (Å²) in [7, 11) is 0. The molecule has 2 N–H and O–H groups in total. The smallest absolute Gasteiger partial charge is 0.254 e. The van der Waals surface area contributed by atoms with Gasteiger partial charge in [-0.15, -0.1) is 0 Å². The van der Waals surface area contributed by atoms with Crippen LogP contribution < -0.4 is 5.32 Å². The molecule has 6 heteroatoms. The second-order valence-corrected chi connectivity index (χ2v) is 5.15. The second kappa shape index (κ2) is 5.87. The lowest BCUT2D eigenvalue weighted by atomic mass is 9.92. The first kappa shape index (κ1) is 13.6. The van der Waals surface area contributed by atoms with Gasteiger partial charge in [0.25, 0.3) is 5.91 Å². The third-order valence-electron chi connectivity index (χ3n) is 3.11. The molecule has 18 heavy (non-hydrogen) atoms. The summed E-state index contributed by atoms with van der Waals surface area (Å²) < 4.78 is 0. The van der Waals surface area contributed by atoms with Gasteiger partial charge < -0.3 is 10.4 Å². The zero-order chi connectivity index (χ0) is 13.1. The standard InChI is InChI=1S/C12H14Cl2N2O2/c13-10-6-5-7(11(14)16-10)12(18)15-8-3-1-2-4-9(8)17/h5-6,8-9,17H,1-4H2,(H,15,18). The van der Waals surface area contributed by atoms with Gasteiger partial charge in [0.1, 0.15) is 10.3 Å². The number of carbonyl (C=O) groups is 1. The number of hydrogen-bond donors (Lipinski definition) is 2. The first-order chi connectivity index (χ1) is 8.58. The molecule has 98 valence electrons. The maximum atomic E-state index is 12.0. The van der Waals surface area contributed by atoms with Crippen LogP contribution in [0.4, 0.5) is 0 Å². The number of pyridine rings is 1. The predicted molar refractivity (Wildman–Crippen MR) is 70.0 cm³/mol. The molecule has 2 unspecified atom stereocenters. The lowest BCUT2D eigenvalue weighted by molar-refractivity contribution is 0.0717. The number of aliphatic hydroxyl groups excluding tert-OH is 1. The fourth-order valence-electron chi connectivity index (χ4n) is 2.11. The molecule has 1 aliphatic rings. The van der Waals surface area contributed by atoms with Crippen LogP contribution in [0.2, 0.25) is 10.3 Å². The zero-order valence-corrected chi connectivity index (χ0v) is 11.2. The molecule has 0 saturated heterocycles. The maximum absolute atomic E-state index is 12.0. The lowest BCUT2D eigenvalue weighted by Crippen LogP contribution is -2.45. The van der Waals surface area contributed by atoms with E-state index >= 15 is 0 Å². The molecule has 1 aromatic rings. The molecule has 1 aromatic heterocycles. The van der Waals surface area contributed by atoms with Gasteiger partial charge in [0.05, 0.1) is 17.7 Å². The summed E-state index contributed by atoms with van der Waals surface area (Å²) in [6.07, 6.45) is 3.02. The van der Waals surface area contributed by atoms with Crippen molar-refractivity contribution in [3.05, 3.63) is 28.0 Å². The number of aromatic nitrogens is 1. The SMILES string of the molecule is O=C(NC1CCCCC1O)c1ccc(Cl)nc1Cl. The van der Waals surface area contributed by atoms with E-state index in [1.807, 2.05) is 0 Å². The Labute approximate surface area is 115 Å². The number of nitrogens with one attached hydrogen (secondary N) is 1. The Morgan fingerprint density at radius 2 is 2.06 bits per heavy atom. The Morgan fingerprint density at radius 1 is 1.33 bits per heavy atom. The van der Waals surface area contributed by atoms with E-state index in [4.69, 9.17) is 23.2 Å². The molecule has 0 spiro atoms. The zero-order valence-electron chi connectivity index (χ0n) is 9.70. The van der Waals surface area contributed by atoms with Crippen molar-refractivity contribution in [3.63, 3.8) is 0 Å². The van der Waals surface area contributed by atoms with E-state index in [2.05, 4.69) is 10.3 Å². The molecule has 4 nitrogen and oxygen atoms in total. The molecule has 2 atom stereocenters. The van der Waals surface area contributed by atoms with E-state index in [1.54, 1.807) is 0 Å². The first-order valence-electron chi connectivity index (χ1n) is 5.89. The molecule has 1 fully saturated rings. The van der Waals surface area contributed by atoms with Crippen LogP contribution in [0.1, 0.15) is 36.0 Å². The molecule has 0 bridgehead atoms. The number of hydrogen-bond acceptors (Lipinski definition) is 3. The molecule has 1 amide bonds. The van der Waals surface area contributed by atoms with Gasteiger partial charge in [-0.1, -0.05) is 36.0 Å². The van der Waals surface area contributed by atoms with E-state index in [1.165, 1.54) is 12.1 Å². The molecular weight excluding hydrogens is 275 g/mol. The average molecular weight is 289 g/mol. The van der Waals surface area contributed by atoms with Crippen LogP contribution in [0.3, 0.4) is 0 Å². The monoisotopic (exact) mass is 288 g/mol. The van der Waals surface area contributed by atoms with Crippen molar-refractivity contribution in [2.75, 3.05) is 0 Å². The summed E-state index contributed by atoms with van der Waals surface area (Å²) in [4.78, 5) is 15.8. The third-order valence-corrected chi connectivity index (χ3v) is 3.60. The highest BCUT2D eigenvalue weighted by Crippen LogP contribution is 2.20. The van der Waals surface area contributed by atoms with E-state index in [9.17, 15) is 9.90 Å². The van der Waals surface area contributed by atoms with Gasteiger partial charge in [-0.2, -0.15) is 0 Å². The van der Waals surface area contributed by atoms with Crippen molar-refractivity contribution in [1.82, 2.24) is 10.3 Å². The molecule has 0 radical (unpaired) electrons. The second-order valence-electron chi connectivity index (χ2n) is 4.40. The van der Waals surface area contributed by atoms with Crippen LogP contribution in [-0.4, -0.2) is 28.1 Å². The molecule has 1 aliphatic carbocycles. The van der Waals surface area contributed by atoms with Gasteiger partial charge in [-0.3, -0.25) is 4.79 Å². The normalized spacial score (nSPS) is 23.7. The summed E-state index contributed by atoms with van der Waals surface area (Å²) in [5.41, 5.74) is 0.277. The highest BCUT2D eigenvalue weighted by atomic mass is 35.5. The van der Waals surface area contributed by atoms with Gasteiger partial charge in [0.2, 0.25) is 0 Å². The van der Waals surface area contributed by atoms with E-state index in [0.29, 0.717) is 0 Å². The van der Waals surface area contributed by atoms with Crippen molar-refractivity contribution in [1.29, 1.82) is 0 Å². The Morgan fingerprint density at radius 3 is 2.72 bits per heavy atom. The largest absolute Gasteiger partial charge is 0.391 e. The van der Waals surface area contributed by atoms with E-state index in [-0.39, 0.29) is 27.8 Å². The quantitative estimate of drug-likeness (QED) is 0.822. The van der Waals surface area contributed by atoms with Crippen molar-refractivity contribution in [3.8, 4) is 0 Å². The van der Waals surface area contributed by atoms with E-state index in [0.717, 1.165) is 25.7 Å². The van der Waals surface area contributed by atoms with Crippen molar-refractivity contribution < 1.29 is 9.90 Å². The molecular formula is C12H14Cl2N2O2. The average Bonchev–Trinajstić information content (AvgIpc) is 2.32. The number of amides is 1. The number of nitrogens with zero attached hydrogens (tertiary/aromatic N) is 1. The number of carbonyl (C=O) groups excluding carboxylic acids is 1. The fraction of sp³-hybridized carbons (Fsp3) is 0.500. The summed E-state index contributed by atoms with van der Waals surface area (Å²) in [5, 5.41) is 12.9. The van der Waals surface area contributed by atoms with Gasteiger partial charge in [-0.25, -0.2) is 4.98 Å². The summed E-state index contributed by atoms with van der Waals surface area (Å²) in [6.45, 7) is 0. The van der Waals surface area contributed by atoms with Crippen LogP contribution >= 0.6 is 23.2 Å². The Kier molecular flexibility index (Phi) is 4.43. The Balaban J connectivity index is 2.07. The van der Waals surface area contributed by atoms with Crippen LogP contribution in [0.15, 0.2) is 12.1 Å². The van der Waals surface area contributed by atoms with Gasteiger partial charge in [-0.05, 0) is 25.0 Å². The van der Waals surface area contributed by atoms with Gasteiger partial charge >= 0.3 is 0 Å². The third kappa shape index (κ3) is 3.13. The van der Waals surface area contributed by atoms with Crippen molar-refractivity contribution >= 4 is 29.1 Å². The van der Waals surface area contributed by atoms with Crippen LogP contribution in [0.25, 0.3) is 0 Å². The molecule has 0 aliphatic heterocycles. The first-order valence-corrected chi connectivity index (χ1v) is 6.64. The minimum Gasteiger partial charge on any atom is -0.391 e. The molecule has 1 heterocycles. The van der Waals surface area contributed by atoms with Crippen molar-refractivity contribution in [2.24, 2.45) is 0 Å². The highest BCUT2D eigenvalue weighted by Gasteiger charge is 2.25. The van der Waals surface area contributed by atoms with Crippen molar-refractivity contribution in [2.45, 2.75) is 37.8 Å². The minimum absolute atomic E-state index is 0.0744. The van der Waals surface area contributed by atoms with Gasteiger partial charge in [0.15, 0.2) is 0 Å². The van der Waals surface area contributed by atoms with Crippen LogP contribution in [0, 0.1) is 0 Å². The lowest BCUT2D eigenvalue weighted by Gasteiger charge is -2.28. The molecule has 2 rings (SSSR count). The summed E-state index contributed by atoms with van der Waals surface area (Å²) in [5.74, 6) is -0.324.